The highest BCUT2D eigenvalue weighted by molar-refractivity contribution is 7.98. The van der Waals surface area contributed by atoms with E-state index in [0.717, 1.165) is 49.9 Å². The third-order valence-corrected chi connectivity index (χ3v) is 4.23. The molecule has 1 fully saturated rings. The van der Waals surface area contributed by atoms with Crippen molar-refractivity contribution in [2.45, 2.75) is 49.6 Å². The largest absolute Gasteiger partial charge is 0.381 e. The van der Waals surface area contributed by atoms with Gasteiger partial charge in [0.15, 0.2) is 5.82 Å². The Morgan fingerprint density at radius 2 is 2.19 bits per heavy atom. The van der Waals surface area contributed by atoms with Crippen molar-refractivity contribution in [3.8, 4) is 0 Å². The van der Waals surface area contributed by atoms with Crippen LogP contribution in [0, 0.1) is 0 Å². The van der Waals surface area contributed by atoms with Crippen molar-refractivity contribution < 1.29 is 9.26 Å². The Bertz CT molecular complexity index is 566. The van der Waals surface area contributed by atoms with Crippen molar-refractivity contribution in [3.63, 3.8) is 0 Å². The predicted octanol–water partition coefficient (Wildman–Crippen LogP) is 1.65. The van der Waals surface area contributed by atoms with E-state index in [1.54, 1.807) is 0 Å². The number of aromatic nitrogens is 6. The van der Waals surface area contributed by atoms with Gasteiger partial charge in [-0.15, -0.1) is 5.10 Å². The molecule has 0 unspecified atom stereocenters. The zero-order chi connectivity index (χ0) is 14.5. The molecule has 2 aromatic rings. The van der Waals surface area contributed by atoms with E-state index in [0.29, 0.717) is 17.7 Å². The lowest BCUT2D eigenvalue weighted by Crippen LogP contribution is -2.21. The van der Waals surface area contributed by atoms with E-state index in [-0.39, 0.29) is 0 Å². The second-order valence-electron chi connectivity index (χ2n) is 4.89. The molecule has 0 saturated carbocycles. The van der Waals surface area contributed by atoms with E-state index in [1.807, 2.05) is 4.68 Å². The fourth-order valence-corrected chi connectivity index (χ4v) is 3.02. The van der Waals surface area contributed by atoms with Crippen LogP contribution in [-0.2, 0) is 16.9 Å². The van der Waals surface area contributed by atoms with E-state index in [4.69, 9.17) is 9.26 Å². The Labute approximate surface area is 126 Å². The molecule has 1 aliphatic rings. The molecule has 0 spiro atoms. The van der Waals surface area contributed by atoms with Gasteiger partial charge in [-0.1, -0.05) is 23.8 Å². The standard InChI is InChI=1S/C12H18N6O2S/c1-2-3-10-13-11(20-15-10)8-21-12-14-16-17-18(12)9-4-6-19-7-5-9/h9H,2-8H2,1H3. The van der Waals surface area contributed by atoms with Crippen LogP contribution in [0.15, 0.2) is 9.68 Å². The van der Waals surface area contributed by atoms with E-state index in [9.17, 15) is 0 Å². The summed E-state index contributed by atoms with van der Waals surface area (Å²) in [7, 11) is 0. The number of aryl methyl sites for hydroxylation is 1. The Balaban J connectivity index is 1.61. The summed E-state index contributed by atoms with van der Waals surface area (Å²) in [6.07, 6.45) is 3.74. The minimum atomic E-state index is 0.314. The second-order valence-corrected chi connectivity index (χ2v) is 5.84. The maximum atomic E-state index is 5.37. The van der Waals surface area contributed by atoms with E-state index < -0.39 is 0 Å². The molecule has 1 aliphatic heterocycles. The molecule has 0 bridgehead atoms. The number of nitrogens with zero attached hydrogens (tertiary/aromatic N) is 6. The van der Waals surface area contributed by atoms with Crippen molar-refractivity contribution in [2.24, 2.45) is 0 Å². The quantitative estimate of drug-likeness (QED) is 0.744. The monoisotopic (exact) mass is 310 g/mol. The third kappa shape index (κ3) is 3.59. The molecule has 0 aliphatic carbocycles. The minimum absolute atomic E-state index is 0.314. The van der Waals surface area contributed by atoms with Gasteiger partial charge in [-0.25, -0.2) is 4.68 Å². The highest BCUT2D eigenvalue weighted by atomic mass is 32.2. The smallest absolute Gasteiger partial charge is 0.237 e. The van der Waals surface area contributed by atoms with Crippen LogP contribution in [0.2, 0.25) is 0 Å². The first kappa shape index (κ1) is 14.5. The Morgan fingerprint density at radius 3 is 3.00 bits per heavy atom. The third-order valence-electron chi connectivity index (χ3n) is 3.31. The predicted molar refractivity (Wildman–Crippen MR) is 74.8 cm³/mol. The summed E-state index contributed by atoms with van der Waals surface area (Å²) < 4.78 is 12.5. The van der Waals surface area contributed by atoms with E-state index in [2.05, 4.69) is 32.6 Å². The maximum Gasteiger partial charge on any atom is 0.237 e. The summed E-state index contributed by atoms with van der Waals surface area (Å²) in [6, 6.07) is 0.314. The molecular formula is C12H18N6O2S. The normalized spacial score (nSPS) is 16.4. The van der Waals surface area contributed by atoms with Gasteiger partial charge in [0.1, 0.15) is 0 Å². The zero-order valence-corrected chi connectivity index (χ0v) is 12.8. The Kier molecular flexibility index (Phi) is 4.81. The highest BCUT2D eigenvalue weighted by Gasteiger charge is 2.21. The molecule has 3 rings (SSSR count). The molecule has 1 saturated heterocycles. The topological polar surface area (TPSA) is 91.8 Å². The first-order chi connectivity index (χ1) is 10.4. The molecule has 0 radical (unpaired) electrons. The summed E-state index contributed by atoms with van der Waals surface area (Å²) >= 11 is 1.52. The van der Waals surface area contributed by atoms with Crippen LogP contribution in [0.3, 0.4) is 0 Å². The van der Waals surface area contributed by atoms with Crippen molar-refractivity contribution in [3.05, 3.63) is 11.7 Å². The molecule has 0 aromatic carbocycles. The van der Waals surface area contributed by atoms with Crippen molar-refractivity contribution in [1.29, 1.82) is 0 Å². The molecular weight excluding hydrogens is 292 g/mol. The zero-order valence-electron chi connectivity index (χ0n) is 11.9. The molecule has 21 heavy (non-hydrogen) atoms. The van der Waals surface area contributed by atoms with Gasteiger partial charge in [0.2, 0.25) is 11.0 Å². The number of hydrogen-bond acceptors (Lipinski definition) is 8. The molecule has 114 valence electrons. The summed E-state index contributed by atoms with van der Waals surface area (Å²) in [5, 5.41) is 16.7. The minimum Gasteiger partial charge on any atom is -0.381 e. The average molecular weight is 310 g/mol. The second kappa shape index (κ2) is 6.99. The lowest BCUT2D eigenvalue weighted by atomic mass is 10.1. The van der Waals surface area contributed by atoms with Gasteiger partial charge in [0, 0.05) is 19.6 Å². The van der Waals surface area contributed by atoms with Gasteiger partial charge < -0.3 is 9.26 Å². The average Bonchev–Trinajstić information content (AvgIpc) is 3.15. The van der Waals surface area contributed by atoms with Crippen LogP contribution in [-0.4, -0.2) is 43.6 Å². The van der Waals surface area contributed by atoms with Gasteiger partial charge in [-0.3, -0.25) is 0 Å². The van der Waals surface area contributed by atoms with Crippen molar-refractivity contribution in [2.75, 3.05) is 13.2 Å². The van der Waals surface area contributed by atoms with Crippen molar-refractivity contribution in [1.82, 2.24) is 30.3 Å². The molecule has 8 nitrogen and oxygen atoms in total. The first-order valence-electron chi connectivity index (χ1n) is 7.16. The van der Waals surface area contributed by atoms with Crippen LogP contribution < -0.4 is 0 Å². The molecule has 0 N–H and O–H groups in total. The van der Waals surface area contributed by atoms with Crippen LogP contribution >= 0.6 is 11.8 Å². The molecule has 9 heteroatoms. The van der Waals surface area contributed by atoms with Gasteiger partial charge in [-0.05, 0) is 29.7 Å². The van der Waals surface area contributed by atoms with Crippen molar-refractivity contribution >= 4 is 11.8 Å². The van der Waals surface area contributed by atoms with Crippen LogP contribution in [0.5, 0.6) is 0 Å². The van der Waals surface area contributed by atoms with Crippen LogP contribution in [0.1, 0.15) is 43.9 Å². The Morgan fingerprint density at radius 1 is 1.33 bits per heavy atom. The van der Waals surface area contributed by atoms with E-state index >= 15 is 0 Å². The fraction of sp³-hybridized carbons (Fsp3) is 0.750. The van der Waals surface area contributed by atoms with Gasteiger partial charge in [0.05, 0.1) is 11.8 Å². The SMILES string of the molecule is CCCc1noc(CSc2nnnn2C2CCOCC2)n1. The summed E-state index contributed by atoms with van der Waals surface area (Å²) in [5.74, 6) is 1.96. The van der Waals surface area contributed by atoms with Gasteiger partial charge >= 0.3 is 0 Å². The number of hydrogen-bond donors (Lipinski definition) is 0. The lowest BCUT2D eigenvalue weighted by Gasteiger charge is -2.22. The number of tetrazole rings is 1. The first-order valence-corrected chi connectivity index (χ1v) is 8.15. The fourth-order valence-electron chi connectivity index (χ4n) is 2.24. The van der Waals surface area contributed by atoms with Crippen LogP contribution in [0.4, 0.5) is 0 Å². The molecule has 2 aromatic heterocycles. The molecule has 3 heterocycles. The lowest BCUT2D eigenvalue weighted by molar-refractivity contribution is 0.0631. The van der Waals surface area contributed by atoms with Crippen LogP contribution in [0.25, 0.3) is 0 Å². The number of ether oxygens (including phenoxy) is 1. The molecule has 0 amide bonds. The van der Waals surface area contributed by atoms with Gasteiger partial charge in [-0.2, -0.15) is 4.98 Å². The number of thioether (sulfide) groups is 1. The van der Waals surface area contributed by atoms with Gasteiger partial charge in [0.25, 0.3) is 0 Å². The maximum absolute atomic E-state index is 5.37. The number of rotatable bonds is 6. The Hall–Kier alpha value is -1.48. The highest BCUT2D eigenvalue weighted by Crippen LogP contribution is 2.26. The molecule has 0 atom stereocenters. The summed E-state index contributed by atoms with van der Waals surface area (Å²) in [5.41, 5.74) is 0. The summed E-state index contributed by atoms with van der Waals surface area (Å²) in [6.45, 7) is 3.62. The van der Waals surface area contributed by atoms with E-state index in [1.165, 1.54) is 11.8 Å². The summed E-state index contributed by atoms with van der Waals surface area (Å²) in [4.78, 5) is 4.35.